The fourth-order valence-electron chi connectivity index (χ4n) is 6.78. The summed E-state index contributed by atoms with van der Waals surface area (Å²) in [6, 6.07) is 0. The molecule has 4 rings (SSSR count). The van der Waals surface area contributed by atoms with Crippen molar-refractivity contribution in [1.82, 2.24) is 8.94 Å². The summed E-state index contributed by atoms with van der Waals surface area (Å²) in [7, 11) is -4.36. The Labute approximate surface area is 269 Å². The molecule has 0 aromatic carbocycles. The third kappa shape index (κ3) is 12.1. The number of hydroxylamine groups is 2. The highest BCUT2D eigenvalue weighted by atomic mass is 32.2. The summed E-state index contributed by atoms with van der Waals surface area (Å²) >= 11 is 2.72. The number of carbonyl (C=O) groups excluding carboxylic acids is 2. The molecule has 2 amide bonds. The van der Waals surface area contributed by atoms with Gasteiger partial charge in [0.05, 0.1) is 6.61 Å². The van der Waals surface area contributed by atoms with E-state index >= 15 is 0 Å². The van der Waals surface area contributed by atoms with E-state index in [1.54, 1.807) is 0 Å². The molecule has 8 nitrogen and oxygen atoms in total. The minimum absolute atomic E-state index is 0.140. The molecule has 0 aromatic rings. The highest BCUT2D eigenvalue weighted by Crippen LogP contribution is 2.55. The Balaban J connectivity index is 1.55. The average molecular weight is 661 g/mol. The predicted molar refractivity (Wildman–Crippen MR) is 176 cm³/mol. The van der Waals surface area contributed by atoms with Crippen LogP contribution in [0.3, 0.4) is 0 Å². The van der Waals surface area contributed by atoms with Gasteiger partial charge in [-0.2, -0.15) is 9.25 Å². The van der Waals surface area contributed by atoms with Crippen molar-refractivity contribution in [2.24, 2.45) is 11.8 Å². The van der Waals surface area contributed by atoms with Gasteiger partial charge in [-0.3, -0.25) is 14.1 Å². The van der Waals surface area contributed by atoms with Crippen LogP contribution in [0.25, 0.3) is 0 Å². The van der Waals surface area contributed by atoms with Gasteiger partial charge in [0.15, 0.2) is 0 Å². The Morgan fingerprint density at radius 1 is 0.605 bits per heavy atom. The van der Waals surface area contributed by atoms with Gasteiger partial charge >= 0.3 is 7.82 Å². The minimum atomic E-state index is -4.36. The molecule has 0 radical (unpaired) electrons. The molecule has 4 aliphatic carbocycles. The molecule has 0 saturated heterocycles. The SMILES string of the molecule is CCCCCCOP(=O)(ON(SC1CCCCC1)C(=O)C1CCCCC1)ON(SC1CCCCC1)C(=O)C1CCCCC1. The van der Waals surface area contributed by atoms with Crippen molar-refractivity contribution in [3.63, 3.8) is 0 Å². The normalized spacial score (nSPS) is 22.0. The second-order valence-corrected chi connectivity index (χ2v) is 17.0. The first-order chi connectivity index (χ1) is 21.0. The summed E-state index contributed by atoms with van der Waals surface area (Å²) in [5.41, 5.74) is 0. The summed E-state index contributed by atoms with van der Waals surface area (Å²) in [5, 5.41) is 0.437. The predicted octanol–water partition coefficient (Wildman–Crippen LogP) is 10.3. The zero-order valence-corrected chi connectivity index (χ0v) is 29.1. The lowest BCUT2D eigenvalue weighted by atomic mass is 9.89. The highest BCUT2D eigenvalue weighted by molar-refractivity contribution is 7.98. The number of unbranched alkanes of at least 4 members (excludes halogenated alkanes) is 3. The van der Waals surface area contributed by atoms with Crippen molar-refractivity contribution in [1.29, 1.82) is 0 Å². The van der Waals surface area contributed by atoms with Crippen LogP contribution in [0.4, 0.5) is 0 Å². The van der Waals surface area contributed by atoms with Crippen LogP contribution in [0, 0.1) is 11.8 Å². The monoisotopic (exact) mass is 660 g/mol. The van der Waals surface area contributed by atoms with Gasteiger partial charge in [-0.25, -0.2) is 4.57 Å². The van der Waals surface area contributed by atoms with E-state index in [-0.39, 0.29) is 40.8 Å². The van der Waals surface area contributed by atoms with Crippen LogP contribution in [0.2, 0.25) is 0 Å². The molecule has 0 unspecified atom stereocenters. The van der Waals surface area contributed by atoms with Gasteiger partial charge in [0, 0.05) is 22.3 Å². The third-order valence-electron chi connectivity index (χ3n) is 9.46. The minimum Gasteiger partial charge on any atom is -0.284 e. The van der Waals surface area contributed by atoms with E-state index in [1.807, 2.05) is 0 Å². The van der Waals surface area contributed by atoms with E-state index in [2.05, 4.69) is 6.92 Å². The van der Waals surface area contributed by atoms with Crippen LogP contribution in [0.1, 0.15) is 161 Å². The highest BCUT2D eigenvalue weighted by Gasteiger charge is 2.43. The van der Waals surface area contributed by atoms with Gasteiger partial charge in [0.25, 0.3) is 11.8 Å². The molecule has 248 valence electrons. The van der Waals surface area contributed by atoms with Crippen molar-refractivity contribution in [3.8, 4) is 0 Å². The summed E-state index contributed by atoms with van der Waals surface area (Å²) in [4.78, 5) is 27.8. The second kappa shape index (κ2) is 19.4. The zero-order valence-electron chi connectivity index (χ0n) is 26.6. The first-order valence-corrected chi connectivity index (χ1v) is 20.8. The lowest BCUT2D eigenvalue weighted by Gasteiger charge is -2.35. The van der Waals surface area contributed by atoms with Gasteiger partial charge in [-0.1, -0.05) is 103 Å². The number of carbonyl (C=O) groups is 2. The lowest BCUT2D eigenvalue weighted by molar-refractivity contribution is -0.158. The van der Waals surface area contributed by atoms with E-state index in [0.29, 0.717) is 6.42 Å². The molecule has 11 heteroatoms. The van der Waals surface area contributed by atoms with Gasteiger partial charge in [0.2, 0.25) is 0 Å². The molecule has 0 bridgehead atoms. The van der Waals surface area contributed by atoms with E-state index in [9.17, 15) is 14.2 Å². The number of nitrogens with zero attached hydrogens (tertiary/aromatic N) is 2. The molecule has 0 spiro atoms. The van der Waals surface area contributed by atoms with Crippen molar-refractivity contribution >= 4 is 43.5 Å². The first-order valence-electron chi connectivity index (χ1n) is 17.6. The Bertz CT molecular complexity index is 814. The third-order valence-corrected chi connectivity index (χ3v) is 13.3. The number of hydrogen-bond acceptors (Lipinski definition) is 8. The maximum atomic E-state index is 14.6. The second-order valence-electron chi connectivity index (χ2n) is 13.1. The number of rotatable bonds is 16. The first kappa shape index (κ1) is 35.6. The summed E-state index contributed by atoms with van der Waals surface area (Å²) in [6.07, 6.45) is 24.3. The quantitative estimate of drug-likeness (QED) is 0.0700. The Morgan fingerprint density at radius 3 is 1.40 bits per heavy atom. The van der Waals surface area contributed by atoms with E-state index in [0.717, 1.165) is 135 Å². The molecule has 4 saturated carbocycles. The topological polar surface area (TPSA) is 85.4 Å². The largest absolute Gasteiger partial charge is 0.519 e. The average Bonchev–Trinajstić information content (AvgIpc) is 3.05. The van der Waals surface area contributed by atoms with Gasteiger partial charge in [0.1, 0.15) is 0 Å². The van der Waals surface area contributed by atoms with Crippen LogP contribution >= 0.6 is 31.7 Å². The van der Waals surface area contributed by atoms with Gasteiger partial charge in [-0.15, -0.1) is 8.94 Å². The standard InChI is InChI=1S/C32H57N2O6PS2/c1-2-3-4-17-26-38-41(37,39-33(42-29-22-13-7-14-23-29)31(35)27-18-9-5-10-19-27)40-34(43-30-24-15-8-16-25-30)32(36)28-20-11-6-12-21-28/h27-30H,2-26H2,1H3. The number of hydrogen-bond donors (Lipinski definition) is 0. The molecule has 0 atom stereocenters. The molecule has 43 heavy (non-hydrogen) atoms. The summed E-state index contributed by atoms with van der Waals surface area (Å²) in [6.45, 7) is 2.34. The lowest BCUT2D eigenvalue weighted by Crippen LogP contribution is -2.37. The fourth-order valence-corrected chi connectivity index (χ4v) is 10.7. The van der Waals surface area contributed by atoms with Crippen LogP contribution in [0.15, 0.2) is 0 Å². The van der Waals surface area contributed by atoms with Crippen LogP contribution in [-0.2, 0) is 27.9 Å². The van der Waals surface area contributed by atoms with Crippen molar-refractivity contribution in [2.45, 2.75) is 172 Å². The van der Waals surface area contributed by atoms with Gasteiger partial charge < -0.3 is 0 Å². The van der Waals surface area contributed by atoms with Gasteiger partial charge in [-0.05, 0) is 81.7 Å². The molecule has 0 aliphatic heterocycles. The summed E-state index contributed by atoms with van der Waals surface area (Å²) in [5.74, 6) is -0.587. The van der Waals surface area contributed by atoms with Crippen LogP contribution in [-0.4, -0.2) is 37.9 Å². The smallest absolute Gasteiger partial charge is 0.284 e. The van der Waals surface area contributed by atoms with E-state index in [4.69, 9.17) is 13.8 Å². The molecular formula is C32H57N2O6PS2. The molecule has 0 heterocycles. The molecule has 0 N–H and O–H groups in total. The maximum absolute atomic E-state index is 14.6. The van der Waals surface area contributed by atoms with Crippen molar-refractivity contribution < 1.29 is 27.9 Å². The van der Waals surface area contributed by atoms with E-state index < -0.39 is 7.82 Å². The van der Waals surface area contributed by atoms with E-state index in [1.165, 1.54) is 45.7 Å². The number of phosphoric acid groups is 1. The maximum Gasteiger partial charge on any atom is 0.519 e. The fraction of sp³-hybridized carbons (Fsp3) is 0.938. The number of amides is 2. The molecule has 4 aliphatic rings. The van der Waals surface area contributed by atoms with Crippen LogP contribution < -0.4 is 0 Å². The zero-order chi connectivity index (χ0) is 30.3. The van der Waals surface area contributed by atoms with Crippen molar-refractivity contribution in [3.05, 3.63) is 0 Å². The molecule has 0 aromatic heterocycles. The Kier molecular flexibility index (Phi) is 16.1. The Hall–Kier alpha value is -0.250. The molecule has 4 fully saturated rings. The Morgan fingerprint density at radius 2 is 1.00 bits per heavy atom. The summed E-state index contributed by atoms with van der Waals surface area (Å²) < 4.78 is 35.5. The van der Waals surface area contributed by atoms with Crippen molar-refractivity contribution in [2.75, 3.05) is 6.61 Å². The van der Waals surface area contributed by atoms with Crippen LogP contribution in [0.5, 0.6) is 0 Å². The molecular weight excluding hydrogens is 603 g/mol.